The fraction of sp³-hybridized carbons (Fsp3) is 0.194. The zero-order valence-corrected chi connectivity index (χ0v) is 20.5. The van der Waals surface area contributed by atoms with Gasteiger partial charge in [0, 0.05) is 28.5 Å². The Kier molecular flexibility index (Phi) is 4.26. The minimum atomic E-state index is -1.85. The molecule has 0 saturated heterocycles. The number of hydrogen-bond donors (Lipinski definition) is 0. The van der Waals surface area contributed by atoms with Gasteiger partial charge in [0.2, 0.25) is 0 Å². The summed E-state index contributed by atoms with van der Waals surface area (Å²) in [7, 11) is 0. The Labute approximate surface area is 205 Å². The first-order valence-electron chi connectivity index (χ1n) is 12.5. The van der Waals surface area contributed by atoms with Crippen LogP contribution >= 0.6 is 11.3 Å². The lowest BCUT2D eigenvalue weighted by Crippen LogP contribution is -2.11. The standard InChI is InChI=1S/C31H26FNS/c1-18-8-9-19-11-21-13-26-24-6-5-7-25(28-14-23(16-31(2,3)4)27(32)17-33-28)30(24)34-29(26)15-22(21)12-20(19)10-18/h5-15,17H,16H2,1-4H3/i16D2. The van der Waals surface area contributed by atoms with Crippen molar-refractivity contribution < 1.29 is 7.13 Å². The fourth-order valence-corrected chi connectivity index (χ4v) is 5.95. The summed E-state index contributed by atoms with van der Waals surface area (Å²) in [4.78, 5) is 4.39. The number of hydrogen-bond acceptors (Lipinski definition) is 2. The van der Waals surface area contributed by atoms with Crippen molar-refractivity contribution in [3.05, 3.63) is 89.9 Å². The Morgan fingerprint density at radius 3 is 2.47 bits per heavy atom. The van der Waals surface area contributed by atoms with Gasteiger partial charge < -0.3 is 0 Å². The summed E-state index contributed by atoms with van der Waals surface area (Å²) in [5, 5.41) is 7.18. The van der Waals surface area contributed by atoms with Gasteiger partial charge in [0.25, 0.3) is 0 Å². The lowest BCUT2D eigenvalue weighted by molar-refractivity contribution is 0.402. The predicted molar refractivity (Wildman–Crippen MR) is 145 cm³/mol. The van der Waals surface area contributed by atoms with Crippen molar-refractivity contribution in [3.63, 3.8) is 0 Å². The number of aryl methyl sites for hydroxylation is 1. The van der Waals surface area contributed by atoms with Gasteiger partial charge in [-0.1, -0.05) is 62.7 Å². The lowest BCUT2D eigenvalue weighted by atomic mass is 9.88. The number of halogens is 1. The van der Waals surface area contributed by atoms with Crippen LogP contribution in [0.15, 0.2) is 72.9 Å². The van der Waals surface area contributed by atoms with Crippen molar-refractivity contribution in [3.8, 4) is 11.3 Å². The molecule has 0 amide bonds. The van der Waals surface area contributed by atoms with E-state index in [0.29, 0.717) is 5.69 Å². The number of aromatic nitrogens is 1. The van der Waals surface area contributed by atoms with E-state index >= 15 is 0 Å². The van der Waals surface area contributed by atoms with E-state index in [-0.39, 0.29) is 5.56 Å². The maximum atomic E-state index is 14.8. The van der Waals surface area contributed by atoms with Crippen LogP contribution in [0.2, 0.25) is 0 Å². The summed E-state index contributed by atoms with van der Waals surface area (Å²) in [6.07, 6.45) is -0.691. The number of fused-ring (bicyclic) bond motifs is 5. The molecule has 0 radical (unpaired) electrons. The predicted octanol–water partition coefficient (Wildman–Crippen LogP) is 9.46. The average Bonchev–Trinajstić information content (AvgIpc) is 3.18. The van der Waals surface area contributed by atoms with E-state index < -0.39 is 17.6 Å². The van der Waals surface area contributed by atoms with Crippen molar-refractivity contribution >= 4 is 53.1 Å². The average molecular weight is 466 g/mol. The van der Waals surface area contributed by atoms with Crippen molar-refractivity contribution in [1.29, 1.82) is 0 Å². The van der Waals surface area contributed by atoms with Crippen molar-refractivity contribution in [1.82, 2.24) is 4.98 Å². The van der Waals surface area contributed by atoms with Crippen molar-refractivity contribution in [2.45, 2.75) is 34.1 Å². The Morgan fingerprint density at radius 2 is 1.65 bits per heavy atom. The molecule has 0 bridgehead atoms. The fourth-order valence-electron chi connectivity index (χ4n) is 4.70. The molecule has 1 nitrogen and oxygen atoms in total. The molecule has 168 valence electrons. The van der Waals surface area contributed by atoms with Crippen LogP contribution in [0.3, 0.4) is 0 Å². The molecule has 2 heterocycles. The van der Waals surface area contributed by atoms with Crippen LogP contribution in [0, 0.1) is 18.2 Å². The third-order valence-electron chi connectivity index (χ3n) is 6.21. The molecule has 0 aliphatic rings. The highest BCUT2D eigenvalue weighted by atomic mass is 32.1. The van der Waals surface area contributed by atoms with E-state index in [1.54, 1.807) is 38.2 Å². The second kappa shape index (κ2) is 7.61. The topological polar surface area (TPSA) is 12.9 Å². The van der Waals surface area contributed by atoms with E-state index in [4.69, 9.17) is 2.74 Å². The molecular weight excluding hydrogens is 437 g/mol. The zero-order valence-electron chi connectivity index (χ0n) is 21.7. The molecule has 0 unspecified atom stereocenters. The van der Waals surface area contributed by atoms with Crippen LogP contribution in [-0.4, -0.2) is 4.98 Å². The van der Waals surface area contributed by atoms with Crippen molar-refractivity contribution in [2.75, 3.05) is 0 Å². The van der Waals surface area contributed by atoms with Crippen LogP contribution in [0.25, 0.3) is 53.0 Å². The molecule has 0 aliphatic carbocycles. The Hall–Kier alpha value is -3.30. The SMILES string of the molecule is [2H]C([2H])(c1cc(-c2cccc3c2sc2cc4cc5cc(C)ccc5cc4cc23)ncc1F)C(C)(C)C. The van der Waals surface area contributed by atoms with E-state index in [1.165, 1.54) is 37.2 Å². The molecule has 34 heavy (non-hydrogen) atoms. The number of thiophene rings is 1. The van der Waals surface area contributed by atoms with E-state index in [1.807, 2.05) is 12.1 Å². The third-order valence-corrected chi connectivity index (χ3v) is 7.41. The van der Waals surface area contributed by atoms with E-state index in [0.717, 1.165) is 21.8 Å². The molecule has 0 saturated carbocycles. The van der Waals surface area contributed by atoms with Gasteiger partial charge in [0.15, 0.2) is 0 Å². The number of benzene rings is 4. The van der Waals surface area contributed by atoms with Gasteiger partial charge in [0.05, 0.1) is 11.9 Å². The molecule has 0 N–H and O–H groups in total. The quantitative estimate of drug-likeness (QED) is 0.232. The first-order valence-corrected chi connectivity index (χ1v) is 12.3. The summed E-state index contributed by atoms with van der Waals surface area (Å²) in [5.41, 5.74) is 2.01. The number of rotatable bonds is 2. The largest absolute Gasteiger partial charge is 0.253 e. The van der Waals surface area contributed by atoms with E-state index in [9.17, 15) is 4.39 Å². The minimum absolute atomic E-state index is 0.0471. The molecule has 0 atom stereocenters. The van der Waals surface area contributed by atoms with Gasteiger partial charge in [0.1, 0.15) is 5.82 Å². The maximum absolute atomic E-state index is 14.8. The van der Waals surface area contributed by atoms with Gasteiger partial charge in [-0.05, 0) is 76.2 Å². The number of nitrogens with zero attached hydrogens (tertiary/aromatic N) is 1. The first kappa shape index (κ1) is 19.1. The van der Waals surface area contributed by atoms with Gasteiger partial charge in [-0.15, -0.1) is 11.3 Å². The van der Waals surface area contributed by atoms with Crippen LogP contribution < -0.4 is 0 Å². The second-order valence-electron chi connectivity index (χ2n) is 10.1. The lowest BCUT2D eigenvalue weighted by Gasteiger charge is -2.19. The van der Waals surface area contributed by atoms with Crippen LogP contribution in [0.4, 0.5) is 4.39 Å². The first-order chi connectivity index (χ1) is 17.0. The Bertz CT molecular complexity index is 1830. The van der Waals surface area contributed by atoms with Crippen LogP contribution in [0.5, 0.6) is 0 Å². The Morgan fingerprint density at radius 1 is 0.882 bits per heavy atom. The molecule has 6 rings (SSSR count). The monoisotopic (exact) mass is 465 g/mol. The van der Waals surface area contributed by atoms with Gasteiger partial charge in [-0.2, -0.15) is 0 Å². The molecule has 2 aromatic heterocycles. The van der Waals surface area contributed by atoms with Crippen LogP contribution in [0.1, 0.15) is 34.6 Å². The molecule has 6 aromatic rings. The summed E-state index contributed by atoms with van der Waals surface area (Å²) >= 11 is 1.70. The second-order valence-corrected chi connectivity index (χ2v) is 11.2. The third kappa shape index (κ3) is 3.65. The smallest absolute Gasteiger partial charge is 0.144 e. The summed E-state index contributed by atoms with van der Waals surface area (Å²) in [6.45, 7) is 7.47. The highest BCUT2D eigenvalue weighted by Gasteiger charge is 2.18. The molecule has 3 heteroatoms. The van der Waals surface area contributed by atoms with Crippen molar-refractivity contribution in [2.24, 2.45) is 5.41 Å². The van der Waals surface area contributed by atoms with Crippen LogP contribution in [-0.2, 0) is 6.37 Å². The molecule has 0 aliphatic heterocycles. The molecular formula is C31H26FNS. The zero-order chi connectivity index (χ0) is 25.4. The minimum Gasteiger partial charge on any atom is -0.253 e. The molecule has 0 spiro atoms. The highest BCUT2D eigenvalue weighted by Crippen LogP contribution is 2.42. The normalized spacial score (nSPS) is 13.7. The Balaban J connectivity index is 1.58. The molecule has 0 fully saturated rings. The van der Waals surface area contributed by atoms with E-state index in [2.05, 4.69) is 60.4 Å². The maximum Gasteiger partial charge on any atom is 0.144 e. The summed E-state index contributed by atoms with van der Waals surface area (Å²) in [6, 6.07) is 23.2. The summed E-state index contributed by atoms with van der Waals surface area (Å²) < 4.78 is 34.3. The molecule has 4 aromatic carbocycles. The van der Waals surface area contributed by atoms with Gasteiger partial charge in [-0.3, -0.25) is 4.98 Å². The van der Waals surface area contributed by atoms with Gasteiger partial charge in [-0.25, -0.2) is 4.39 Å². The van der Waals surface area contributed by atoms with Gasteiger partial charge >= 0.3 is 0 Å². The number of pyridine rings is 1. The summed E-state index contributed by atoms with van der Waals surface area (Å²) in [5.74, 6) is -0.615. The highest BCUT2D eigenvalue weighted by molar-refractivity contribution is 7.26.